The molecule has 1 atom stereocenters. The zero-order valence-electron chi connectivity index (χ0n) is 12.2. The average Bonchev–Trinajstić information content (AvgIpc) is 2.45. The van der Waals surface area contributed by atoms with Gasteiger partial charge >= 0.3 is 12.0 Å². The number of carbonyl (C=O) groups is 2. The second kappa shape index (κ2) is 7.87. The Bertz CT molecular complexity index is 525. The molecule has 1 aromatic rings. The Morgan fingerprint density at radius 2 is 2.14 bits per heavy atom. The van der Waals surface area contributed by atoms with Gasteiger partial charge in [0.05, 0.1) is 11.3 Å². The number of benzene rings is 1. The van der Waals surface area contributed by atoms with Crippen LogP contribution in [0.3, 0.4) is 0 Å². The van der Waals surface area contributed by atoms with Crippen molar-refractivity contribution in [2.45, 2.75) is 19.4 Å². The van der Waals surface area contributed by atoms with Crippen LogP contribution in [0.1, 0.15) is 23.7 Å². The summed E-state index contributed by atoms with van der Waals surface area (Å²) in [5, 5.41) is 11.2. The molecular weight excluding hydrogens is 295 g/mol. The maximum Gasteiger partial charge on any atom is 0.335 e. The van der Waals surface area contributed by atoms with Crippen molar-refractivity contribution in [2.75, 3.05) is 24.4 Å². The molecule has 1 aromatic carbocycles. The Balaban J connectivity index is 2.72. The molecule has 0 saturated carbocycles. The molecular formula is C14H19FN2O3S. The summed E-state index contributed by atoms with van der Waals surface area (Å²) in [6.07, 6.45) is 2.83. The van der Waals surface area contributed by atoms with Gasteiger partial charge in [-0.15, -0.1) is 0 Å². The SMILES string of the molecule is CSCCC(C)N(C)C(=O)Nc1ccc(C(=O)O)cc1F. The maximum atomic E-state index is 13.7. The third-order valence-electron chi connectivity index (χ3n) is 3.18. The molecule has 116 valence electrons. The molecule has 0 aliphatic heterocycles. The summed E-state index contributed by atoms with van der Waals surface area (Å²) < 4.78 is 13.7. The number of carbonyl (C=O) groups excluding carboxylic acids is 1. The van der Waals surface area contributed by atoms with E-state index < -0.39 is 17.8 Å². The Morgan fingerprint density at radius 1 is 1.48 bits per heavy atom. The molecule has 1 unspecified atom stereocenters. The van der Waals surface area contributed by atoms with E-state index in [0.717, 1.165) is 18.2 Å². The van der Waals surface area contributed by atoms with Crippen LogP contribution in [-0.4, -0.2) is 47.1 Å². The molecule has 0 heterocycles. The van der Waals surface area contributed by atoms with Gasteiger partial charge in [0, 0.05) is 13.1 Å². The van der Waals surface area contributed by atoms with Gasteiger partial charge < -0.3 is 15.3 Å². The van der Waals surface area contributed by atoms with Gasteiger partial charge in [0.2, 0.25) is 0 Å². The molecule has 0 fully saturated rings. The van der Waals surface area contributed by atoms with Crippen molar-refractivity contribution in [3.63, 3.8) is 0 Å². The van der Waals surface area contributed by atoms with Crippen LogP contribution >= 0.6 is 11.8 Å². The first-order valence-corrected chi connectivity index (χ1v) is 7.81. The normalized spacial score (nSPS) is 11.8. The maximum absolute atomic E-state index is 13.7. The van der Waals surface area contributed by atoms with Crippen LogP contribution in [-0.2, 0) is 0 Å². The van der Waals surface area contributed by atoms with Gasteiger partial charge in [-0.2, -0.15) is 11.8 Å². The fourth-order valence-corrected chi connectivity index (χ4v) is 2.21. The lowest BCUT2D eigenvalue weighted by Crippen LogP contribution is -2.38. The first-order chi connectivity index (χ1) is 9.86. The van der Waals surface area contributed by atoms with Gasteiger partial charge in [-0.1, -0.05) is 0 Å². The molecule has 0 saturated heterocycles. The molecule has 1 rings (SSSR count). The Hall–Kier alpha value is -1.76. The largest absolute Gasteiger partial charge is 0.478 e. The minimum Gasteiger partial charge on any atom is -0.478 e. The number of nitrogens with zero attached hydrogens (tertiary/aromatic N) is 1. The first-order valence-electron chi connectivity index (χ1n) is 6.42. The van der Waals surface area contributed by atoms with Crippen molar-refractivity contribution in [1.82, 2.24) is 4.90 Å². The van der Waals surface area contributed by atoms with Gasteiger partial charge in [0.1, 0.15) is 5.82 Å². The van der Waals surface area contributed by atoms with Crippen molar-refractivity contribution >= 4 is 29.4 Å². The number of nitrogens with one attached hydrogen (secondary N) is 1. The number of rotatable bonds is 6. The first kappa shape index (κ1) is 17.3. The summed E-state index contributed by atoms with van der Waals surface area (Å²) in [6.45, 7) is 1.92. The number of anilines is 1. The number of halogens is 1. The van der Waals surface area contributed by atoms with Gasteiger partial charge in [-0.3, -0.25) is 0 Å². The third kappa shape index (κ3) is 4.93. The topological polar surface area (TPSA) is 69.6 Å². The fraction of sp³-hybridized carbons (Fsp3) is 0.429. The van der Waals surface area contributed by atoms with Crippen molar-refractivity contribution in [1.29, 1.82) is 0 Å². The van der Waals surface area contributed by atoms with Crippen LogP contribution in [0, 0.1) is 5.82 Å². The summed E-state index contributed by atoms with van der Waals surface area (Å²) in [7, 11) is 1.64. The van der Waals surface area contributed by atoms with Crippen molar-refractivity contribution < 1.29 is 19.1 Å². The Kier molecular flexibility index (Phi) is 6.48. The second-order valence-electron chi connectivity index (χ2n) is 4.67. The molecule has 5 nitrogen and oxygen atoms in total. The van der Waals surface area contributed by atoms with Gasteiger partial charge in [0.25, 0.3) is 0 Å². The summed E-state index contributed by atoms with van der Waals surface area (Å²) in [6, 6.07) is 2.98. The van der Waals surface area contributed by atoms with E-state index in [1.807, 2.05) is 13.2 Å². The average molecular weight is 314 g/mol. The van der Waals surface area contributed by atoms with Crippen LogP contribution < -0.4 is 5.32 Å². The zero-order chi connectivity index (χ0) is 16.0. The van der Waals surface area contributed by atoms with Gasteiger partial charge in [0.15, 0.2) is 0 Å². The number of carboxylic acids is 1. The minimum absolute atomic E-state index is 0.0267. The number of thioether (sulfide) groups is 1. The predicted molar refractivity (Wildman–Crippen MR) is 82.6 cm³/mol. The molecule has 0 aliphatic carbocycles. The van der Waals surface area contributed by atoms with E-state index in [2.05, 4.69) is 5.32 Å². The molecule has 0 aliphatic rings. The molecule has 2 amide bonds. The predicted octanol–water partition coefficient (Wildman–Crippen LogP) is 3.13. The number of hydrogen-bond acceptors (Lipinski definition) is 3. The fourth-order valence-electron chi connectivity index (χ4n) is 1.64. The zero-order valence-corrected chi connectivity index (χ0v) is 13.0. The van der Waals surface area contributed by atoms with E-state index in [1.54, 1.807) is 18.8 Å². The molecule has 0 bridgehead atoms. The Labute approximate surface area is 127 Å². The molecule has 7 heteroatoms. The number of urea groups is 1. The molecule has 2 N–H and O–H groups in total. The van der Waals surface area contributed by atoms with Crippen LogP contribution in [0.4, 0.5) is 14.9 Å². The lowest BCUT2D eigenvalue weighted by atomic mass is 10.2. The van der Waals surface area contributed by atoms with E-state index in [0.29, 0.717) is 0 Å². The van der Waals surface area contributed by atoms with Crippen LogP contribution in [0.15, 0.2) is 18.2 Å². The lowest BCUT2D eigenvalue weighted by Gasteiger charge is -2.25. The van der Waals surface area contributed by atoms with E-state index in [1.165, 1.54) is 17.0 Å². The van der Waals surface area contributed by atoms with E-state index in [-0.39, 0.29) is 17.3 Å². The highest BCUT2D eigenvalue weighted by Crippen LogP contribution is 2.17. The number of hydrogen-bond donors (Lipinski definition) is 2. The minimum atomic E-state index is -1.21. The monoisotopic (exact) mass is 314 g/mol. The molecule has 21 heavy (non-hydrogen) atoms. The Morgan fingerprint density at radius 3 is 2.67 bits per heavy atom. The highest BCUT2D eigenvalue weighted by molar-refractivity contribution is 7.98. The summed E-state index contributed by atoms with van der Waals surface area (Å²) in [5.74, 6) is -1.05. The second-order valence-corrected chi connectivity index (χ2v) is 5.66. The van der Waals surface area contributed by atoms with Crippen LogP contribution in [0.2, 0.25) is 0 Å². The number of carboxylic acid groups (broad SMARTS) is 1. The summed E-state index contributed by atoms with van der Waals surface area (Å²) >= 11 is 1.70. The molecule has 0 spiro atoms. The highest BCUT2D eigenvalue weighted by atomic mass is 32.2. The third-order valence-corrected chi connectivity index (χ3v) is 3.82. The molecule has 0 radical (unpaired) electrons. The van der Waals surface area contributed by atoms with Crippen molar-refractivity contribution in [3.8, 4) is 0 Å². The quantitative estimate of drug-likeness (QED) is 0.846. The van der Waals surface area contributed by atoms with E-state index in [4.69, 9.17) is 5.11 Å². The standard InChI is InChI=1S/C14H19FN2O3S/c1-9(6-7-21-3)17(2)14(20)16-12-5-4-10(13(18)19)8-11(12)15/h4-5,8-9H,6-7H2,1-3H3,(H,16,20)(H,18,19). The lowest BCUT2D eigenvalue weighted by molar-refractivity contribution is 0.0696. The van der Waals surface area contributed by atoms with Crippen LogP contribution in [0.5, 0.6) is 0 Å². The van der Waals surface area contributed by atoms with E-state index >= 15 is 0 Å². The highest BCUT2D eigenvalue weighted by Gasteiger charge is 2.17. The number of amides is 2. The van der Waals surface area contributed by atoms with Crippen molar-refractivity contribution in [3.05, 3.63) is 29.6 Å². The van der Waals surface area contributed by atoms with Gasteiger partial charge in [-0.05, 0) is 43.6 Å². The van der Waals surface area contributed by atoms with Gasteiger partial charge in [-0.25, -0.2) is 14.0 Å². The van der Waals surface area contributed by atoms with E-state index in [9.17, 15) is 14.0 Å². The molecule has 0 aromatic heterocycles. The van der Waals surface area contributed by atoms with Crippen LogP contribution in [0.25, 0.3) is 0 Å². The van der Waals surface area contributed by atoms with Crippen molar-refractivity contribution in [2.24, 2.45) is 0 Å². The smallest absolute Gasteiger partial charge is 0.335 e. The number of aromatic carboxylic acids is 1. The summed E-state index contributed by atoms with van der Waals surface area (Å²) in [4.78, 5) is 24.2. The summed E-state index contributed by atoms with van der Waals surface area (Å²) in [5.41, 5.74) is -0.193.